The van der Waals surface area contributed by atoms with Crippen molar-refractivity contribution in [1.82, 2.24) is 9.55 Å². The zero-order valence-electron chi connectivity index (χ0n) is 14.3. The SMILES string of the molecule is Cl.Cl.Cn1ccnc1COC(=O)C(C)(N)Cc1ccc(O)c(O)c1.O.O. The van der Waals surface area contributed by atoms with Gasteiger partial charge in [-0.25, -0.2) is 4.98 Å². The molecule has 0 saturated heterocycles. The molecule has 26 heavy (non-hydrogen) atoms. The summed E-state index contributed by atoms with van der Waals surface area (Å²) in [5.41, 5.74) is 5.38. The maximum atomic E-state index is 12.1. The van der Waals surface area contributed by atoms with Crippen molar-refractivity contribution in [2.75, 3.05) is 0 Å². The number of carbonyl (C=O) groups excluding carboxylic acids is 1. The fourth-order valence-electron chi connectivity index (χ4n) is 2.01. The number of phenolic OH excluding ortho intramolecular Hbond substituents is 2. The van der Waals surface area contributed by atoms with Gasteiger partial charge in [-0.3, -0.25) is 4.79 Å². The van der Waals surface area contributed by atoms with Crippen LogP contribution < -0.4 is 5.73 Å². The Morgan fingerprint density at radius 2 is 1.88 bits per heavy atom. The Morgan fingerprint density at radius 3 is 2.38 bits per heavy atom. The summed E-state index contributed by atoms with van der Waals surface area (Å²) in [5.74, 6) is -0.427. The van der Waals surface area contributed by atoms with E-state index < -0.39 is 11.5 Å². The number of aromatic hydroxyl groups is 2. The van der Waals surface area contributed by atoms with Gasteiger partial charge in [0, 0.05) is 25.9 Å². The lowest BCUT2D eigenvalue weighted by Gasteiger charge is -2.22. The summed E-state index contributed by atoms with van der Waals surface area (Å²) in [5, 5.41) is 18.8. The minimum Gasteiger partial charge on any atom is -0.504 e. The van der Waals surface area contributed by atoms with Crippen molar-refractivity contribution in [3.8, 4) is 11.5 Å². The topological polar surface area (TPSA) is 174 Å². The average molecular weight is 414 g/mol. The van der Waals surface area contributed by atoms with E-state index in [1.165, 1.54) is 12.1 Å². The van der Waals surface area contributed by atoms with E-state index in [4.69, 9.17) is 10.5 Å². The average Bonchev–Trinajstić information content (AvgIpc) is 2.85. The lowest BCUT2D eigenvalue weighted by atomic mass is 9.94. The van der Waals surface area contributed by atoms with E-state index in [2.05, 4.69) is 4.98 Å². The number of hydrogen-bond acceptors (Lipinski definition) is 6. The molecule has 8 N–H and O–H groups in total. The lowest BCUT2D eigenvalue weighted by molar-refractivity contribution is -0.151. The molecule has 0 spiro atoms. The van der Waals surface area contributed by atoms with E-state index in [0.29, 0.717) is 11.4 Å². The largest absolute Gasteiger partial charge is 0.504 e. The normalized spacial score (nSPS) is 11.5. The zero-order valence-corrected chi connectivity index (χ0v) is 15.9. The van der Waals surface area contributed by atoms with Gasteiger partial charge >= 0.3 is 5.97 Å². The van der Waals surface area contributed by atoms with Crippen molar-refractivity contribution in [3.63, 3.8) is 0 Å². The number of nitrogens with two attached hydrogens (primary N) is 1. The van der Waals surface area contributed by atoms with Crippen LogP contribution in [0.2, 0.25) is 0 Å². The third-order valence-corrected chi connectivity index (χ3v) is 3.33. The Hall–Kier alpha value is -2.04. The molecule has 0 fully saturated rings. The van der Waals surface area contributed by atoms with Crippen LogP contribution in [0.3, 0.4) is 0 Å². The third kappa shape index (κ3) is 7.06. The van der Waals surface area contributed by atoms with Crippen LogP contribution in [0.15, 0.2) is 30.6 Å². The Balaban J connectivity index is -0.00000132. The molecule has 0 radical (unpaired) electrons. The van der Waals surface area contributed by atoms with E-state index in [-0.39, 0.29) is 60.3 Å². The number of esters is 1. The second kappa shape index (κ2) is 11.6. The molecule has 9 nitrogen and oxygen atoms in total. The number of nitrogens with zero attached hydrogens (tertiary/aromatic N) is 2. The summed E-state index contributed by atoms with van der Waals surface area (Å²) in [4.78, 5) is 16.2. The summed E-state index contributed by atoms with van der Waals surface area (Å²) in [6.07, 6.45) is 3.54. The molecule has 0 aliphatic rings. The van der Waals surface area contributed by atoms with Crippen molar-refractivity contribution in [2.45, 2.75) is 25.5 Å². The van der Waals surface area contributed by atoms with Crippen LogP contribution in [0.5, 0.6) is 11.5 Å². The first-order valence-corrected chi connectivity index (χ1v) is 6.73. The number of benzene rings is 1. The molecule has 0 aliphatic carbocycles. The van der Waals surface area contributed by atoms with Crippen molar-refractivity contribution < 1.29 is 30.7 Å². The number of hydrogen-bond donors (Lipinski definition) is 3. The predicted molar refractivity (Wildman–Crippen MR) is 101 cm³/mol. The van der Waals surface area contributed by atoms with Crippen LogP contribution in [0, 0.1) is 0 Å². The first-order chi connectivity index (χ1) is 10.3. The number of phenols is 2. The number of aromatic nitrogens is 2. The molecule has 150 valence electrons. The van der Waals surface area contributed by atoms with E-state index in [0.717, 1.165) is 0 Å². The Kier molecular flexibility index (Phi) is 12.8. The van der Waals surface area contributed by atoms with Gasteiger partial charge in [-0.2, -0.15) is 0 Å². The summed E-state index contributed by atoms with van der Waals surface area (Å²) in [6, 6.07) is 4.30. The van der Waals surface area contributed by atoms with E-state index in [1.54, 1.807) is 37.0 Å². The van der Waals surface area contributed by atoms with Gasteiger partial charge in [0.25, 0.3) is 0 Å². The fraction of sp³-hybridized carbons (Fsp3) is 0.333. The van der Waals surface area contributed by atoms with Gasteiger partial charge in [0.1, 0.15) is 18.0 Å². The second-order valence-electron chi connectivity index (χ2n) is 5.45. The quantitative estimate of drug-likeness (QED) is 0.460. The predicted octanol–water partition coefficient (Wildman–Crippen LogP) is 0.0288. The highest BCUT2D eigenvalue weighted by Crippen LogP contribution is 2.26. The Bertz CT molecular complexity index is 694. The molecule has 1 aromatic heterocycles. The molecule has 1 aromatic carbocycles. The number of halogens is 2. The first-order valence-electron chi connectivity index (χ1n) is 6.73. The number of imidazole rings is 1. The van der Waals surface area contributed by atoms with Gasteiger partial charge < -0.3 is 36.2 Å². The van der Waals surface area contributed by atoms with Crippen molar-refractivity contribution in [2.24, 2.45) is 12.8 Å². The molecule has 2 aromatic rings. The monoisotopic (exact) mass is 413 g/mol. The van der Waals surface area contributed by atoms with E-state index in [9.17, 15) is 15.0 Å². The molecule has 0 amide bonds. The van der Waals surface area contributed by atoms with Gasteiger partial charge in [-0.15, -0.1) is 24.8 Å². The van der Waals surface area contributed by atoms with Gasteiger partial charge in [-0.1, -0.05) is 6.07 Å². The molecule has 1 heterocycles. The standard InChI is InChI=1S/C15H19N3O4.2ClH.2H2O/c1-15(16,8-10-3-4-11(19)12(20)7-10)14(21)22-9-13-17-5-6-18(13)2;;;;/h3-7,19-20H,8-9,16H2,1-2H3;2*1H;2*1H2. The summed E-state index contributed by atoms with van der Waals surface area (Å²) >= 11 is 0. The maximum absolute atomic E-state index is 12.1. The first kappa shape index (κ1) is 28.8. The van der Waals surface area contributed by atoms with Crippen molar-refractivity contribution in [3.05, 3.63) is 42.0 Å². The van der Waals surface area contributed by atoms with Crippen LogP contribution in [0.4, 0.5) is 0 Å². The maximum Gasteiger partial charge on any atom is 0.326 e. The van der Waals surface area contributed by atoms with Crippen LogP contribution in [-0.4, -0.2) is 42.2 Å². The number of carbonyl (C=O) groups is 1. The number of rotatable bonds is 5. The number of aryl methyl sites for hydroxylation is 1. The minimum absolute atomic E-state index is 0. The van der Waals surface area contributed by atoms with Gasteiger partial charge in [-0.05, 0) is 24.6 Å². The van der Waals surface area contributed by atoms with Gasteiger partial charge in [0.15, 0.2) is 11.5 Å². The van der Waals surface area contributed by atoms with Gasteiger partial charge in [0.2, 0.25) is 0 Å². The summed E-state index contributed by atoms with van der Waals surface area (Å²) in [6.45, 7) is 1.59. The molecule has 0 aliphatic heterocycles. The molecule has 0 saturated carbocycles. The molecule has 11 heteroatoms. The van der Waals surface area contributed by atoms with Crippen LogP contribution in [0.1, 0.15) is 18.3 Å². The highest BCUT2D eigenvalue weighted by atomic mass is 35.5. The van der Waals surface area contributed by atoms with Crippen LogP contribution in [-0.2, 0) is 29.6 Å². The molecule has 0 bridgehead atoms. The van der Waals surface area contributed by atoms with Crippen LogP contribution in [0.25, 0.3) is 0 Å². The van der Waals surface area contributed by atoms with Crippen molar-refractivity contribution >= 4 is 30.8 Å². The van der Waals surface area contributed by atoms with E-state index in [1.807, 2.05) is 0 Å². The molecular weight excluding hydrogens is 389 g/mol. The van der Waals surface area contributed by atoms with Crippen molar-refractivity contribution in [1.29, 1.82) is 0 Å². The molecular formula is C15H25Cl2N3O6. The molecule has 2 rings (SSSR count). The second-order valence-corrected chi connectivity index (χ2v) is 5.45. The zero-order chi connectivity index (χ0) is 16.3. The third-order valence-electron chi connectivity index (χ3n) is 3.33. The minimum atomic E-state index is -1.26. The molecule has 1 atom stereocenters. The summed E-state index contributed by atoms with van der Waals surface area (Å²) in [7, 11) is 1.80. The Labute approximate surface area is 163 Å². The lowest BCUT2D eigenvalue weighted by Crippen LogP contribution is -2.48. The van der Waals surface area contributed by atoms with Crippen LogP contribution >= 0.6 is 24.8 Å². The fourth-order valence-corrected chi connectivity index (χ4v) is 2.01. The summed E-state index contributed by atoms with van der Waals surface area (Å²) < 4.78 is 6.95. The van der Waals surface area contributed by atoms with Gasteiger partial charge in [0.05, 0.1) is 0 Å². The molecule has 1 unspecified atom stereocenters. The van der Waals surface area contributed by atoms with E-state index >= 15 is 0 Å². The highest BCUT2D eigenvalue weighted by molar-refractivity contribution is 5.85. The Morgan fingerprint density at radius 1 is 1.27 bits per heavy atom. The smallest absolute Gasteiger partial charge is 0.326 e. The number of ether oxygens (including phenoxy) is 1. The highest BCUT2D eigenvalue weighted by Gasteiger charge is 2.31.